The van der Waals surface area contributed by atoms with Gasteiger partial charge in [-0.2, -0.15) is 0 Å². The maximum Gasteiger partial charge on any atom is 0.121 e. The van der Waals surface area contributed by atoms with Crippen molar-refractivity contribution in [1.82, 2.24) is 0 Å². The summed E-state index contributed by atoms with van der Waals surface area (Å²) in [5, 5.41) is 9.78. The molecule has 0 amide bonds. The maximum atomic E-state index is 9.78. The molecule has 2 heteroatoms. The number of hydrogen-bond donors (Lipinski definition) is 1. The van der Waals surface area contributed by atoms with Crippen LogP contribution >= 0.6 is 0 Å². The molecule has 1 atom stereocenters. The van der Waals surface area contributed by atoms with Gasteiger partial charge in [0.1, 0.15) is 5.75 Å². The van der Waals surface area contributed by atoms with Crippen molar-refractivity contribution < 1.29 is 9.84 Å². The Hall–Kier alpha value is -1.02. The molecule has 0 aliphatic rings. The van der Waals surface area contributed by atoms with Gasteiger partial charge in [0.25, 0.3) is 0 Å². The molecule has 0 aliphatic heterocycles. The van der Waals surface area contributed by atoms with Crippen molar-refractivity contribution in [3.05, 3.63) is 29.8 Å². The Bertz CT molecular complexity index is 297. The van der Waals surface area contributed by atoms with Gasteiger partial charge in [0.15, 0.2) is 0 Å². The van der Waals surface area contributed by atoms with Crippen LogP contribution in [0.2, 0.25) is 0 Å². The first kappa shape index (κ1) is 13.0. The molecular formula is C14H22O2. The summed E-state index contributed by atoms with van der Waals surface area (Å²) in [6.45, 7) is 5.06. The summed E-state index contributed by atoms with van der Waals surface area (Å²) in [5.41, 5.74) is 0.917. The van der Waals surface area contributed by atoms with Crippen LogP contribution < -0.4 is 0 Å². The minimum atomic E-state index is 0.0396. The quantitative estimate of drug-likeness (QED) is 0.705. The van der Waals surface area contributed by atoms with Crippen molar-refractivity contribution in [3.63, 3.8) is 0 Å². The van der Waals surface area contributed by atoms with Gasteiger partial charge >= 0.3 is 0 Å². The molecule has 90 valence electrons. The van der Waals surface area contributed by atoms with E-state index in [4.69, 9.17) is 4.74 Å². The van der Waals surface area contributed by atoms with E-state index >= 15 is 0 Å². The SMILES string of the molecule is CCCCOC(CCC)c1ccccc1O. The minimum Gasteiger partial charge on any atom is -0.508 e. The van der Waals surface area contributed by atoms with Gasteiger partial charge in [0.2, 0.25) is 0 Å². The molecule has 0 aliphatic carbocycles. The molecule has 2 nitrogen and oxygen atoms in total. The number of aromatic hydroxyl groups is 1. The lowest BCUT2D eigenvalue weighted by atomic mass is 10.0. The zero-order valence-corrected chi connectivity index (χ0v) is 10.3. The first-order valence-electron chi connectivity index (χ1n) is 6.19. The third-order valence-corrected chi connectivity index (χ3v) is 2.65. The molecule has 16 heavy (non-hydrogen) atoms. The van der Waals surface area contributed by atoms with Crippen LogP contribution in [-0.2, 0) is 4.74 Å². The Balaban J connectivity index is 2.65. The maximum absolute atomic E-state index is 9.78. The van der Waals surface area contributed by atoms with Gasteiger partial charge in [0, 0.05) is 12.2 Å². The zero-order chi connectivity index (χ0) is 11.8. The smallest absolute Gasteiger partial charge is 0.121 e. The highest BCUT2D eigenvalue weighted by Gasteiger charge is 2.14. The first-order valence-corrected chi connectivity index (χ1v) is 6.19. The highest BCUT2D eigenvalue weighted by Crippen LogP contribution is 2.29. The monoisotopic (exact) mass is 222 g/mol. The lowest BCUT2D eigenvalue weighted by Crippen LogP contribution is -2.05. The average Bonchev–Trinajstić information content (AvgIpc) is 2.29. The van der Waals surface area contributed by atoms with Gasteiger partial charge in [-0.25, -0.2) is 0 Å². The molecule has 0 fully saturated rings. The zero-order valence-electron chi connectivity index (χ0n) is 10.3. The van der Waals surface area contributed by atoms with Gasteiger partial charge < -0.3 is 9.84 Å². The summed E-state index contributed by atoms with van der Waals surface area (Å²) in [6, 6.07) is 7.46. The van der Waals surface area contributed by atoms with Crippen molar-refractivity contribution in [2.75, 3.05) is 6.61 Å². The minimum absolute atomic E-state index is 0.0396. The Labute approximate surface area is 98.3 Å². The molecule has 0 heterocycles. The molecule has 1 unspecified atom stereocenters. The van der Waals surface area contributed by atoms with Crippen molar-refractivity contribution in [2.24, 2.45) is 0 Å². The number of benzene rings is 1. The van der Waals surface area contributed by atoms with E-state index in [0.717, 1.165) is 37.9 Å². The number of hydrogen-bond acceptors (Lipinski definition) is 2. The van der Waals surface area contributed by atoms with Crippen LogP contribution in [0, 0.1) is 0 Å². The van der Waals surface area contributed by atoms with Crippen molar-refractivity contribution in [3.8, 4) is 5.75 Å². The van der Waals surface area contributed by atoms with Crippen LogP contribution in [0.3, 0.4) is 0 Å². The fourth-order valence-corrected chi connectivity index (χ4v) is 1.72. The van der Waals surface area contributed by atoms with E-state index in [0.29, 0.717) is 5.75 Å². The van der Waals surface area contributed by atoms with Gasteiger partial charge in [-0.3, -0.25) is 0 Å². The normalized spacial score (nSPS) is 12.6. The molecule has 1 aromatic rings. The third-order valence-electron chi connectivity index (χ3n) is 2.65. The Morgan fingerprint density at radius 1 is 1.19 bits per heavy atom. The lowest BCUT2D eigenvalue weighted by molar-refractivity contribution is 0.0427. The van der Waals surface area contributed by atoms with E-state index in [1.54, 1.807) is 6.07 Å². The fourth-order valence-electron chi connectivity index (χ4n) is 1.72. The van der Waals surface area contributed by atoms with Crippen LogP contribution in [-0.4, -0.2) is 11.7 Å². The third kappa shape index (κ3) is 3.86. The van der Waals surface area contributed by atoms with Crippen LogP contribution in [0.15, 0.2) is 24.3 Å². The van der Waals surface area contributed by atoms with Gasteiger partial charge in [-0.1, -0.05) is 44.9 Å². The van der Waals surface area contributed by atoms with Gasteiger partial charge in [0.05, 0.1) is 6.10 Å². The summed E-state index contributed by atoms with van der Waals surface area (Å²) in [6.07, 6.45) is 4.28. The van der Waals surface area contributed by atoms with Crippen molar-refractivity contribution >= 4 is 0 Å². The summed E-state index contributed by atoms with van der Waals surface area (Å²) in [4.78, 5) is 0. The summed E-state index contributed by atoms with van der Waals surface area (Å²) in [5.74, 6) is 0.345. The van der Waals surface area contributed by atoms with E-state index in [-0.39, 0.29) is 6.10 Å². The summed E-state index contributed by atoms with van der Waals surface area (Å²) < 4.78 is 5.83. The Morgan fingerprint density at radius 2 is 1.94 bits per heavy atom. The number of para-hydroxylation sites is 1. The first-order chi connectivity index (χ1) is 7.79. The highest BCUT2D eigenvalue weighted by molar-refractivity contribution is 5.33. The van der Waals surface area contributed by atoms with Crippen molar-refractivity contribution in [2.45, 2.75) is 45.6 Å². The fraction of sp³-hybridized carbons (Fsp3) is 0.571. The predicted molar refractivity (Wildman–Crippen MR) is 66.6 cm³/mol. The summed E-state index contributed by atoms with van der Waals surface area (Å²) >= 11 is 0. The Kier molecular flexibility index (Phi) is 5.94. The average molecular weight is 222 g/mol. The van der Waals surface area contributed by atoms with Gasteiger partial charge in [-0.15, -0.1) is 0 Å². The molecular weight excluding hydrogens is 200 g/mol. The molecule has 0 aromatic heterocycles. The number of unbranched alkanes of at least 4 members (excludes halogenated alkanes) is 1. The van der Waals surface area contributed by atoms with Crippen LogP contribution in [0.25, 0.3) is 0 Å². The number of rotatable bonds is 7. The molecule has 0 bridgehead atoms. The topological polar surface area (TPSA) is 29.5 Å². The van der Waals surface area contributed by atoms with Crippen molar-refractivity contribution in [1.29, 1.82) is 0 Å². The van der Waals surface area contributed by atoms with Crippen LogP contribution in [0.1, 0.15) is 51.2 Å². The second-order valence-electron chi connectivity index (χ2n) is 4.06. The number of ether oxygens (including phenoxy) is 1. The van der Waals surface area contributed by atoms with Crippen LogP contribution in [0.4, 0.5) is 0 Å². The second-order valence-corrected chi connectivity index (χ2v) is 4.06. The van der Waals surface area contributed by atoms with E-state index < -0.39 is 0 Å². The molecule has 0 saturated heterocycles. The highest BCUT2D eigenvalue weighted by atomic mass is 16.5. The second kappa shape index (κ2) is 7.29. The van der Waals surface area contributed by atoms with E-state index in [9.17, 15) is 5.11 Å². The molecule has 0 radical (unpaired) electrons. The number of phenolic OH excluding ortho intramolecular Hbond substituents is 1. The molecule has 1 N–H and O–H groups in total. The molecule has 1 rings (SSSR count). The molecule has 1 aromatic carbocycles. The predicted octanol–water partition coefficient (Wildman–Crippen LogP) is 4.05. The standard InChI is InChI=1S/C14H22O2/c1-3-5-11-16-14(8-4-2)12-9-6-7-10-13(12)15/h6-7,9-10,14-15H,3-5,8,11H2,1-2H3. The van der Waals surface area contributed by atoms with E-state index in [1.165, 1.54) is 0 Å². The van der Waals surface area contributed by atoms with E-state index in [1.807, 2.05) is 18.2 Å². The largest absolute Gasteiger partial charge is 0.508 e. The Morgan fingerprint density at radius 3 is 2.56 bits per heavy atom. The van der Waals surface area contributed by atoms with Crippen LogP contribution in [0.5, 0.6) is 5.75 Å². The number of phenols is 1. The molecule has 0 saturated carbocycles. The molecule has 0 spiro atoms. The lowest BCUT2D eigenvalue weighted by Gasteiger charge is -2.18. The van der Waals surface area contributed by atoms with Gasteiger partial charge in [-0.05, 0) is 18.9 Å². The summed E-state index contributed by atoms with van der Waals surface area (Å²) in [7, 11) is 0. The van der Waals surface area contributed by atoms with E-state index in [2.05, 4.69) is 13.8 Å².